The number of anilines is 3. The van der Waals surface area contributed by atoms with Crippen molar-refractivity contribution in [2.24, 2.45) is 5.16 Å². The first-order chi connectivity index (χ1) is 18.7. The predicted molar refractivity (Wildman–Crippen MR) is 144 cm³/mol. The second-order valence-corrected chi connectivity index (χ2v) is 8.60. The number of nitrogens with one attached hydrogen (secondary N) is 2. The van der Waals surface area contributed by atoms with E-state index in [0.29, 0.717) is 11.4 Å². The second kappa shape index (κ2) is 11.6. The third-order valence-corrected chi connectivity index (χ3v) is 5.94. The lowest BCUT2D eigenvalue weighted by Crippen LogP contribution is -2.33. The van der Waals surface area contributed by atoms with Crippen molar-refractivity contribution in [1.82, 2.24) is 4.98 Å². The van der Waals surface area contributed by atoms with E-state index in [2.05, 4.69) is 25.6 Å². The lowest BCUT2D eigenvalue weighted by molar-refractivity contribution is -0.112. The zero-order valence-corrected chi connectivity index (χ0v) is 21.2. The topological polar surface area (TPSA) is 113 Å². The van der Waals surface area contributed by atoms with Gasteiger partial charge in [-0.15, -0.1) is 0 Å². The van der Waals surface area contributed by atoms with E-state index in [0.717, 1.165) is 6.08 Å². The Morgan fingerprint density at radius 3 is 2.36 bits per heavy atom. The molecule has 0 unspecified atom stereocenters. The van der Waals surface area contributed by atoms with E-state index >= 15 is 8.78 Å². The highest BCUT2D eigenvalue weighted by Gasteiger charge is 2.41. The fraction of sp³-hybridized carbons (Fsp3) is 0.179. The van der Waals surface area contributed by atoms with Crippen LogP contribution >= 0.6 is 0 Å². The Kier molecular flexibility index (Phi) is 8.09. The first-order valence-electron chi connectivity index (χ1n) is 11.9. The van der Waals surface area contributed by atoms with Gasteiger partial charge in [-0.1, -0.05) is 23.4 Å². The second-order valence-electron chi connectivity index (χ2n) is 8.60. The van der Waals surface area contributed by atoms with Crippen molar-refractivity contribution < 1.29 is 28.0 Å². The number of benzene rings is 2. The third kappa shape index (κ3) is 6.32. The Morgan fingerprint density at radius 1 is 1.00 bits per heavy atom. The van der Waals surface area contributed by atoms with E-state index in [-0.39, 0.29) is 29.1 Å². The minimum Gasteiger partial charge on any atom is -0.399 e. The zero-order chi connectivity index (χ0) is 28.0. The molecule has 39 heavy (non-hydrogen) atoms. The highest BCUT2D eigenvalue weighted by atomic mass is 19.3. The summed E-state index contributed by atoms with van der Waals surface area (Å²) in [6, 6.07) is 15.4. The Hall–Kier alpha value is -4.93. The number of para-hydroxylation sites is 1. The van der Waals surface area contributed by atoms with E-state index in [1.807, 2.05) is 0 Å². The van der Waals surface area contributed by atoms with Gasteiger partial charge in [-0.05, 0) is 49.4 Å². The largest absolute Gasteiger partial charge is 0.399 e. The molecule has 0 fully saturated rings. The van der Waals surface area contributed by atoms with Gasteiger partial charge in [0.2, 0.25) is 5.91 Å². The van der Waals surface area contributed by atoms with Crippen LogP contribution < -0.4 is 15.5 Å². The fourth-order valence-corrected chi connectivity index (χ4v) is 4.03. The number of fused-ring (bicyclic) bond motifs is 1. The number of halogens is 2. The Morgan fingerprint density at radius 2 is 1.67 bits per heavy atom. The smallest absolute Gasteiger partial charge is 0.275 e. The summed E-state index contributed by atoms with van der Waals surface area (Å²) in [5.74, 6) is -5.09. The first-order valence-corrected chi connectivity index (χ1v) is 11.9. The molecule has 0 bridgehead atoms. The van der Waals surface area contributed by atoms with Gasteiger partial charge in [-0.2, -0.15) is 0 Å². The minimum absolute atomic E-state index is 0.0787. The van der Waals surface area contributed by atoms with Gasteiger partial charge in [-0.3, -0.25) is 19.4 Å². The fourth-order valence-electron chi connectivity index (χ4n) is 4.03. The molecule has 2 N–H and O–H groups in total. The molecule has 9 nitrogen and oxygen atoms in total. The maximum atomic E-state index is 15.4. The molecular weight excluding hydrogens is 508 g/mol. The van der Waals surface area contributed by atoms with Crippen molar-refractivity contribution in [3.05, 3.63) is 90.3 Å². The number of allylic oxidation sites excluding steroid dienone is 1. The monoisotopic (exact) mass is 533 g/mol. The molecule has 200 valence electrons. The number of amides is 3. The number of alkyl halides is 2. The summed E-state index contributed by atoms with van der Waals surface area (Å²) in [5.41, 5.74) is 1.02. The van der Waals surface area contributed by atoms with Gasteiger partial charge in [0.1, 0.15) is 12.8 Å². The first kappa shape index (κ1) is 27.1. The molecule has 2 aromatic carbocycles. The number of oxime groups is 1. The van der Waals surface area contributed by atoms with Gasteiger partial charge in [0, 0.05) is 59.5 Å². The number of rotatable bonds is 6. The van der Waals surface area contributed by atoms with Gasteiger partial charge in [0.15, 0.2) is 0 Å². The van der Waals surface area contributed by atoms with Crippen molar-refractivity contribution in [2.45, 2.75) is 19.3 Å². The van der Waals surface area contributed by atoms with E-state index in [9.17, 15) is 14.4 Å². The molecule has 0 spiro atoms. The molecule has 0 radical (unpaired) electrons. The maximum absolute atomic E-state index is 15.4. The molecule has 1 aliphatic heterocycles. The molecule has 4 rings (SSSR count). The van der Waals surface area contributed by atoms with Crippen LogP contribution in [0, 0.1) is 0 Å². The van der Waals surface area contributed by atoms with Crippen molar-refractivity contribution in [1.29, 1.82) is 0 Å². The molecule has 0 aliphatic carbocycles. The number of pyridine rings is 1. The summed E-state index contributed by atoms with van der Waals surface area (Å²) >= 11 is 0. The molecule has 1 aromatic heterocycles. The van der Waals surface area contributed by atoms with Crippen LogP contribution in [0.3, 0.4) is 0 Å². The molecule has 3 amide bonds. The lowest BCUT2D eigenvalue weighted by Gasteiger charge is -2.23. The number of hydrogen-bond donors (Lipinski definition) is 2. The average Bonchev–Trinajstić information content (AvgIpc) is 3.03. The van der Waals surface area contributed by atoms with E-state index < -0.39 is 35.6 Å². The molecule has 0 atom stereocenters. The summed E-state index contributed by atoms with van der Waals surface area (Å²) in [6.45, 7) is 1.20. The molecule has 11 heteroatoms. The summed E-state index contributed by atoms with van der Waals surface area (Å²) in [4.78, 5) is 48.0. The van der Waals surface area contributed by atoms with Crippen molar-refractivity contribution in [3.63, 3.8) is 0 Å². The average molecular weight is 534 g/mol. The molecule has 0 saturated carbocycles. The normalized spacial score (nSPS) is 15.6. The molecule has 2 heterocycles. The van der Waals surface area contributed by atoms with Crippen LogP contribution in [0.15, 0.2) is 84.3 Å². The number of hydrogen-bond acceptors (Lipinski definition) is 6. The quantitative estimate of drug-likeness (QED) is 0.270. The Labute approximate surface area is 223 Å². The van der Waals surface area contributed by atoms with Crippen LogP contribution in [0.2, 0.25) is 0 Å². The number of aromatic nitrogens is 1. The molecule has 1 aliphatic rings. The highest BCUT2D eigenvalue weighted by molar-refractivity contribution is 6.42. The SMILES string of the molecule is CO/N=C(\C)C(=O)Nc1ccc(C(=O)N2CCC(F)(F)/C(=C\C(=O)Nc3ccncc3)c3ccccc32)cc1. The van der Waals surface area contributed by atoms with Gasteiger partial charge in [0.05, 0.1) is 5.69 Å². The van der Waals surface area contributed by atoms with E-state index in [1.54, 1.807) is 30.3 Å². The van der Waals surface area contributed by atoms with Crippen molar-refractivity contribution in [3.8, 4) is 0 Å². The summed E-state index contributed by atoms with van der Waals surface area (Å²) < 4.78 is 30.8. The third-order valence-electron chi connectivity index (χ3n) is 5.94. The number of carbonyl (C=O) groups is 3. The highest BCUT2D eigenvalue weighted by Crippen LogP contribution is 2.43. The predicted octanol–water partition coefficient (Wildman–Crippen LogP) is 4.75. The summed E-state index contributed by atoms with van der Waals surface area (Å²) in [5, 5.41) is 8.75. The van der Waals surface area contributed by atoms with Crippen molar-refractivity contribution in [2.75, 3.05) is 29.2 Å². The Balaban J connectivity index is 1.61. The van der Waals surface area contributed by atoms with Crippen molar-refractivity contribution >= 4 is 46.1 Å². The van der Waals surface area contributed by atoms with Crippen LogP contribution in [0.25, 0.3) is 5.57 Å². The standard InChI is InChI=1S/C28H25F2N5O4/c1-18(34-39-2)26(37)33-20-9-7-19(8-10-20)27(38)35-16-13-28(29,30)23(22-5-3-4-6-24(22)35)17-25(36)32-21-11-14-31-15-12-21/h3-12,14-15,17H,13,16H2,1-2H3,(H,33,37)(H,31,32,36)/b23-17-,34-18+. The van der Waals surface area contributed by atoms with Crippen LogP contribution in [0.4, 0.5) is 25.8 Å². The maximum Gasteiger partial charge on any atom is 0.275 e. The van der Waals surface area contributed by atoms with E-state index in [4.69, 9.17) is 0 Å². The van der Waals surface area contributed by atoms with Gasteiger partial charge >= 0.3 is 0 Å². The van der Waals surface area contributed by atoms with E-state index in [1.165, 1.54) is 61.7 Å². The molecule has 3 aromatic rings. The van der Waals surface area contributed by atoms with Gasteiger partial charge in [0.25, 0.3) is 17.7 Å². The van der Waals surface area contributed by atoms with Gasteiger partial charge in [-0.25, -0.2) is 8.78 Å². The van der Waals surface area contributed by atoms with Crippen LogP contribution in [0.1, 0.15) is 29.3 Å². The lowest BCUT2D eigenvalue weighted by atomic mass is 9.97. The van der Waals surface area contributed by atoms with Gasteiger partial charge < -0.3 is 20.4 Å². The Bertz CT molecular complexity index is 1440. The van der Waals surface area contributed by atoms with Crippen LogP contribution in [-0.2, 0) is 14.4 Å². The minimum atomic E-state index is -3.38. The number of nitrogens with zero attached hydrogens (tertiary/aromatic N) is 3. The summed E-state index contributed by atoms with van der Waals surface area (Å²) in [7, 11) is 1.32. The van der Waals surface area contributed by atoms with Crippen LogP contribution in [0.5, 0.6) is 0 Å². The summed E-state index contributed by atoms with van der Waals surface area (Å²) in [6.07, 6.45) is 3.13. The zero-order valence-electron chi connectivity index (χ0n) is 21.2. The van der Waals surface area contributed by atoms with Crippen LogP contribution in [-0.4, -0.2) is 48.0 Å². The molecule has 0 saturated heterocycles. The molecular formula is C28H25F2N5O4. The number of carbonyl (C=O) groups excluding carboxylic acids is 3.